The topological polar surface area (TPSA) is 76.0 Å². The average molecular weight is 268 g/mol. The minimum Gasteiger partial charge on any atom is -0.478 e. The number of rotatable bonds is 3. The SMILES string of the molecule is O=C(O)c1ccc(Cl)nc1Sc1ncccn1. The molecule has 2 heterocycles. The largest absolute Gasteiger partial charge is 0.478 e. The maximum absolute atomic E-state index is 11.0. The van der Waals surface area contributed by atoms with Gasteiger partial charge >= 0.3 is 5.97 Å². The van der Waals surface area contributed by atoms with Crippen LogP contribution in [0, 0.1) is 0 Å². The fourth-order valence-corrected chi connectivity index (χ4v) is 2.09. The second kappa shape index (κ2) is 5.11. The molecule has 86 valence electrons. The van der Waals surface area contributed by atoms with E-state index in [1.165, 1.54) is 12.1 Å². The van der Waals surface area contributed by atoms with E-state index in [9.17, 15) is 4.79 Å². The molecule has 0 aromatic carbocycles. The van der Waals surface area contributed by atoms with Gasteiger partial charge < -0.3 is 5.11 Å². The number of nitrogens with zero attached hydrogens (tertiary/aromatic N) is 3. The van der Waals surface area contributed by atoms with Gasteiger partial charge in [0.15, 0.2) is 5.16 Å². The average Bonchev–Trinajstić information content (AvgIpc) is 2.30. The van der Waals surface area contributed by atoms with Gasteiger partial charge in [-0.2, -0.15) is 0 Å². The van der Waals surface area contributed by atoms with E-state index in [0.29, 0.717) is 5.16 Å². The third-order valence-corrected chi connectivity index (χ3v) is 2.90. The highest BCUT2D eigenvalue weighted by atomic mass is 35.5. The lowest BCUT2D eigenvalue weighted by Gasteiger charge is -2.03. The van der Waals surface area contributed by atoms with Crippen LogP contribution in [0.5, 0.6) is 0 Å². The molecule has 0 amide bonds. The van der Waals surface area contributed by atoms with Gasteiger partial charge in [-0.3, -0.25) is 0 Å². The van der Waals surface area contributed by atoms with Gasteiger partial charge in [0.05, 0.1) is 5.56 Å². The summed E-state index contributed by atoms with van der Waals surface area (Å²) in [6, 6.07) is 4.51. The molecule has 0 bridgehead atoms. The molecule has 0 spiro atoms. The van der Waals surface area contributed by atoms with Gasteiger partial charge in [0.1, 0.15) is 10.2 Å². The van der Waals surface area contributed by atoms with Crippen molar-refractivity contribution >= 4 is 29.3 Å². The van der Waals surface area contributed by atoms with Gasteiger partial charge in [0.2, 0.25) is 0 Å². The minimum absolute atomic E-state index is 0.0758. The van der Waals surface area contributed by atoms with E-state index < -0.39 is 5.97 Å². The molecule has 0 fully saturated rings. The van der Waals surface area contributed by atoms with Gasteiger partial charge in [-0.05, 0) is 30.0 Å². The predicted octanol–water partition coefficient (Wildman–Crippen LogP) is 2.37. The lowest BCUT2D eigenvalue weighted by molar-refractivity contribution is 0.0692. The minimum atomic E-state index is -1.06. The summed E-state index contributed by atoms with van der Waals surface area (Å²) in [5.74, 6) is -1.06. The highest BCUT2D eigenvalue weighted by molar-refractivity contribution is 7.99. The van der Waals surface area contributed by atoms with E-state index >= 15 is 0 Å². The first-order valence-electron chi connectivity index (χ1n) is 4.51. The second-order valence-electron chi connectivity index (χ2n) is 2.93. The smallest absolute Gasteiger partial charge is 0.338 e. The third-order valence-electron chi connectivity index (χ3n) is 1.79. The number of carbonyl (C=O) groups is 1. The molecular formula is C10H6ClN3O2S. The molecule has 1 N–H and O–H groups in total. The molecule has 0 saturated heterocycles. The van der Waals surface area contributed by atoms with Gasteiger partial charge in [0, 0.05) is 12.4 Å². The number of carboxylic acids is 1. The monoisotopic (exact) mass is 267 g/mol. The predicted molar refractivity (Wildman–Crippen MR) is 62.4 cm³/mol. The van der Waals surface area contributed by atoms with E-state index in [0.717, 1.165) is 11.8 Å². The molecule has 0 aliphatic rings. The molecule has 5 nitrogen and oxygen atoms in total. The standard InChI is InChI=1S/C10H6ClN3O2S/c11-7-3-2-6(9(15)16)8(14-7)17-10-12-4-1-5-13-10/h1-5H,(H,15,16). The number of hydrogen-bond acceptors (Lipinski definition) is 5. The van der Waals surface area contributed by atoms with Crippen LogP contribution in [0.1, 0.15) is 10.4 Å². The zero-order valence-electron chi connectivity index (χ0n) is 8.37. The molecule has 2 rings (SSSR count). The van der Waals surface area contributed by atoms with Gasteiger partial charge in [0.25, 0.3) is 0 Å². The summed E-state index contributed by atoms with van der Waals surface area (Å²) >= 11 is 6.79. The molecular weight excluding hydrogens is 262 g/mol. The van der Waals surface area contributed by atoms with Crippen LogP contribution >= 0.6 is 23.4 Å². The first kappa shape index (κ1) is 11.8. The van der Waals surface area contributed by atoms with Crippen molar-refractivity contribution in [2.75, 3.05) is 0 Å². The Labute approximate surface area is 106 Å². The second-order valence-corrected chi connectivity index (χ2v) is 4.27. The van der Waals surface area contributed by atoms with Crippen LogP contribution in [-0.4, -0.2) is 26.0 Å². The van der Waals surface area contributed by atoms with E-state index in [4.69, 9.17) is 16.7 Å². The summed E-state index contributed by atoms with van der Waals surface area (Å²) in [6.45, 7) is 0. The van der Waals surface area contributed by atoms with Crippen molar-refractivity contribution in [2.45, 2.75) is 10.2 Å². The van der Waals surface area contributed by atoms with Crippen LogP contribution in [0.3, 0.4) is 0 Å². The van der Waals surface area contributed by atoms with E-state index in [1.54, 1.807) is 18.5 Å². The van der Waals surface area contributed by atoms with E-state index in [1.807, 2.05) is 0 Å². The number of hydrogen-bond donors (Lipinski definition) is 1. The number of carboxylic acid groups (broad SMARTS) is 1. The Bertz CT molecular complexity index is 551. The lowest BCUT2D eigenvalue weighted by atomic mass is 10.3. The third kappa shape index (κ3) is 2.92. The molecule has 0 radical (unpaired) electrons. The Balaban J connectivity index is 2.37. The summed E-state index contributed by atoms with van der Waals surface area (Å²) in [4.78, 5) is 22.9. The van der Waals surface area contributed by atoms with Crippen LogP contribution < -0.4 is 0 Å². The molecule has 17 heavy (non-hydrogen) atoms. The van der Waals surface area contributed by atoms with Crippen LogP contribution in [0.4, 0.5) is 0 Å². The highest BCUT2D eigenvalue weighted by Crippen LogP contribution is 2.27. The number of halogens is 1. The molecule has 0 aliphatic carbocycles. The quantitative estimate of drug-likeness (QED) is 0.680. The molecule has 0 atom stereocenters. The molecule has 2 aromatic heterocycles. The maximum atomic E-state index is 11.0. The molecule has 7 heteroatoms. The van der Waals surface area contributed by atoms with Gasteiger partial charge in [-0.1, -0.05) is 11.6 Å². The van der Waals surface area contributed by atoms with E-state index in [-0.39, 0.29) is 15.7 Å². The molecule has 0 aliphatic heterocycles. The Morgan fingerprint density at radius 1 is 1.29 bits per heavy atom. The van der Waals surface area contributed by atoms with Crippen molar-refractivity contribution in [3.8, 4) is 0 Å². The fraction of sp³-hybridized carbons (Fsp3) is 0. The lowest BCUT2D eigenvalue weighted by Crippen LogP contribution is -2.01. The zero-order valence-corrected chi connectivity index (χ0v) is 9.94. The van der Waals surface area contributed by atoms with Crippen LogP contribution in [0.2, 0.25) is 5.15 Å². The van der Waals surface area contributed by atoms with Gasteiger partial charge in [-0.25, -0.2) is 19.7 Å². The summed E-state index contributed by atoms with van der Waals surface area (Å²) in [6.07, 6.45) is 3.14. The van der Waals surface area contributed by atoms with Crippen molar-refractivity contribution < 1.29 is 9.90 Å². The molecule has 0 unspecified atom stereocenters. The first-order chi connectivity index (χ1) is 8.16. The number of aromatic nitrogens is 3. The molecule has 0 saturated carbocycles. The Kier molecular flexibility index (Phi) is 3.55. The van der Waals surface area contributed by atoms with Crippen LogP contribution in [0.15, 0.2) is 40.8 Å². The van der Waals surface area contributed by atoms with Crippen molar-refractivity contribution in [3.63, 3.8) is 0 Å². The Hall–Kier alpha value is -1.66. The summed E-state index contributed by atoms with van der Waals surface area (Å²) in [7, 11) is 0. The molecule has 2 aromatic rings. The van der Waals surface area contributed by atoms with Crippen molar-refractivity contribution in [3.05, 3.63) is 41.3 Å². The summed E-state index contributed by atoms with van der Waals surface area (Å²) < 4.78 is 0. The van der Waals surface area contributed by atoms with Gasteiger partial charge in [-0.15, -0.1) is 0 Å². The Morgan fingerprint density at radius 2 is 2.00 bits per heavy atom. The van der Waals surface area contributed by atoms with Crippen molar-refractivity contribution in [1.82, 2.24) is 15.0 Å². The number of aromatic carboxylic acids is 1. The summed E-state index contributed by atoms with van der Waals surface area (Å²) in [5.41, 5.74) is 0.0758. The fourth-order valence-electron chi connectivity index (χ4n) is 1.08. The summed E-state index contributed by atoms with van der Waals surface area (Å²) in [5, 5.41) is 9.92. The van der Waals surface area contributed by atoms with Crippen molar-refractivity contribution in [2.24, 2.45) is 0 Å². The highest BCUT2D eigenvalue weighted by Gasteiger charge is 2.14. The van der Waals surface area contributed by atoms with E-state index in [2.05, 4.69) is 15.0 Å². The van der Waals surface area contributed by atoms with Crippen LogP contribution in [-0.2, 0) is 0 Å². The number of pyridine rings is 1. The normalized spacial score (nSPS) is 10.2. The Morgan fingerprint density at radius 3 is 2.65 bits per heavy atom. The van der Waals surface area contributed by atoms with Crippen LogP contribution in [0.25, 0.3) is 0 Å². The zero-order chi connectivity index (χ0) is 12.3. The maximum Gasteiger partial charge on any atom is 0.338 e. The first-order valence-corrected chi connectivity index (χ1v) is 5.71. The van der Waals surface area contributed by atoms with Crippen molar-refractivity contribution in [1.29, 1.82) is 0 Å².